The Morgan fingerprint density at radius 2 is 1.78 bits per heavy atom. The molecule has 5 rings (SSSR count). The number of hydrogen-bond acceptors (Lipinski definition) is 6. The van der Waals surface area contributed by atoms with E-state index in [-0.39, 0.29) is 12.1 Å². The second-order valence-corrected chi connectivity index (χ2v) is 11.3. The van der Waals surface area contributed by atoms with Crippen LogP contribution in [0.4, 0.5) is 21.6 Å². The molecule has 220 valence electrons. The lowest BCUT2D eigenvalue weighted by Gasteiger charge is -2.34. The van der Waals surface area contributed by atoms with Crippen LogP contribution in [0.3, 0.4) is 0 Å². The number of benzene rings is 2. The average molecular weight is 583 g/mol. The van der Waals surface area contributed by atoms with Crippen LogP contribution >= 0.6 is 11.6 Å². The SMILES string of the molecule is CCCCCCN1CCN(CCCOc2ccc(C(=O)N3Cc4cnn(C)c4Nc4cc(Cl)ccc43)c(F)c2)CC1. The molecule has 0 atom stereocenters. The van der Waals surface area contributed by atoms with E-state index in [1.807, 2.05) is 7.05 Å². The van der Waals surface area contributed by atoms with Crippen LogP contribution in [-0.2, 0) is 13.6 Å². The fourth-order valence-electron chi connectivity index (χ4n) is 5.55. The third-order valence-electron chi connectivity index (χ3n) is 7.94. The van der Waals surface area contributed by atoms with Crippen LogP contribution < -0.4 is 15.0 Å². The fourth-order valence-corrected chi connectivity index (χ4v) is 5.72. The molecule has 0 spiro atoms. The second kappa shape index (κ2) is 13.7. The molecule has 8 nitrogen and oxygen atoms in total. The number of ether oxygens (including phenoxy) is 1. The van der Waals surface area contributed by atoms with E-state index in [4.69, 9.17) is 16.3 Å². The van der Waals surface area contributed by atoms with Crippen molar-refractivity contribution in [1.29, 1.82) is 0 Å². The van der Waals surface area contributed by atoms with Crippen molar-refractivity contribution in [3.05, 3.63) is 64.6 Å². The molecular weight excluding hydrogens is 543 g/mol. The van der Waals surface area contributed by atoms with E-state index >= 15 is 4.39 Å². The number of piperazine rings is 1. The molecule has 41 heavy (non-hydrogen) atoms. The van der Waals surface area contributed by atoms with E-state index in [0.29, 0.717) is 28.8 Å². The van der Waals surface area contributed by atoms with Gasteiger partial charge in [-0.05, 0) is 49.7 Å². The molecule has 1 amide bonds. The number of rotatable bonds is 11. The first kappa shape index (κ1) is 29.4. The van der Waals surface area contributed by atoms with Gasteiger partial charge in [-0.2, -0.15) is 5.10 Å². The Kier molecular flexibility index (Phi) is 9.80. The van der Waals surface area contributed by atoms with Crippen molar-refractivity contribution < 1.29 is 13.9 Å². The highest BCUT2D eigenvalue weighted by Gasteiger charge is 2.28. The standard InChI is InChI=1S/C31H40ClFN6O2/c1-3-4-5-6-12-37-14-16-38(17-15-37)13-7-18-41-25-9-10-26(27(33)20-25)31(40)39-22-23-21-34-36(2)30(23)35-28-19-24(32)8-11-29(28)39/h8-11,19-21,35H,3-7,12-18,22H2,1-2H3. The lowest BCUT2D eigenvalue weighted by atomic mass is 10.1. The molecule has 1 N–H and O–H groups in total. The van der Waals surface area contributed by atoms with Crippen LogP contribution in [0.1, 0.15) is 54.9 Å². The minimum absolute atomic E-state index is 0.0156. The fraction of sp³-hybridized carbons (Fsp3) is 0.484. The lowest BCUT2D eigenvalue weighted by Crippen LogP contribution is -2.46. The topological polar surface area (TPSA) is 65.9 Å². The summed E-state index contributed by atoms with van der Waals surface area (Å²) in [7, 11) is 1.82. The van der Waals surface area contributed by atoms with E-state index < -0.39 is 11.7 Å². The first-order chi connectivity index (χ1) is 19.9. The number of aryl methyl sites for hydroxylation is 1. The highest BCUT2D eigenvalue weighted by molar-refractivity contribution is 6.31. The van der Waals surface area contributed by atoms with Gasteiger partial charge in [0.05, 0.1) is 36.3 Å². The molecule has 3 aromatic rings. The molecule has 2 aliphatic heterocycles. The van der Waals surface area contributed by atoms with Gasteiger partial charge in [-0.1, -0.05) is 37.8 Å². The van der Waals surface area contributed by atoms with Gasteiger partial charge >= 0.3 is 0 Å². The molecule has 0 radical (unpaired) electrons. The number of halogens is 2. The van der Waals surface area contributed by atoms with Crippen LogP contribution in [0.2, 0.25) is 5.02 Å². The summed E-state index contributed by atoms with van der Waals surface area (Å²) in [6, 6.07) is 9.72. The van der Waals surface area contributed by atoms with Gasteiger partial charge in [0.15, 0.2) is 0 Å². The molecule has 0 saturated carbocycles. The zero-order valence-electron chi connectivity index (χ0n) is 24.0. The number of amides is 1. The summed E-state index contributed by atoms with van der Waals surface area (Å²) in [5.74, 6) is 0.134. The Morgan fingerprint density at radius 3 is 2.51 bits per heavy atom. The van der Waals surface area contributed by atoms with Crippen molar-refractivity contribution in [2.24, 2.45) is 7.05 Å². The summed E-state index contributed by atoms with van der Waals surface area (Å²) in [4.78, 5) is 20.2. The summed E-state index contributed by atoms with van der Waals surface area (Å²) >= 11 is 6.24. The van der Waals surface area contributed by atoms with Gasteiger partial charge in [0.1, 0.15) is 17.4 Å². The van der Waals surface area contributed by atoms with E-state index in [1.54, 1.807) is 40.0 Å². The number of fused-ring (bicyclic) bond motifs is 2. The highest BCUT2D eigenvalue weighted by Crippen LogP contribution is 2.38. The normalized spacial score (nSPS) is 15.7. The van der Waals surface area contributed by atoms with E-state index in [2.05, 4.69) is 27.1 Å². The van der Waals surface area contributed by atoms with E-state index in [1.165, 1.54) is 44.4 Å². The van der Waals surface area contributed by atoms with Gasteiger partial charge in [-0.25, -0.2) is 4.39 Å². The van der Waals surface area contributed by atoms with Gasteiger partial charge in [0.25, 0.3) is 5.91 Å². The highest BCUT2D eigenvalue weighted by atomic mass is 35.5. The molecule has 1 aromatic heterocycles. The number of carbonyl (C=O) groups excluding carboxylic acids is 1. The van der Waals surface area contributed by atoms with Gasteiger partial charge in [0, 0.05) is 56.4 Å². The second-order valence-electron chi connectivity index (χ2n) is 10.9. The Balaban J connectivity index is 1.15. The van der Waals surface area contributed by atoms with Crippen molar-refractivity contribution in [2.45, 2.75) is 45.6 Å². The third kappa shape index (κ3) is 7.20. The molecule has 0 bridgehead atoms. The van der Waals surface area contributed by atoms with Crippen molar-refractivity contribution in [3.63, 3.8) is 0 Å². The minimum atomic E-state index is -0.610. The average Bonchev–Trinajstić information content (AvgIpc) is 3.22. The predicted octanol–water partition coefficient (Wildman–Crippen LogP) is 6.08. The molecule has 1 saturated heterocycles. The molecule has 10 heteroatoms. The van der Waals surface area contributed by atoms with Crippen LogP contribution in [0.5, 0.6) is 5.75 Å². The smallest absolute Gasteiger partial charge is 0.261 e. The number of unbranched alkanes of at least 4 members (excludes halogenated alkanes) is 3. The number of aromatic nitrogens is 2. The first-order valence-electron chi connectivity index (χ1n) is 14.7. The maximum atomic E-state index is 15.3. The van der Waals surface area contributed by atoms with Gasteiger partial charge in [-0.15, -0.1) is 0 Å². The maximum absolute atomic E-state index is 15.3. The van der Waals surface area contributed by atoms with Crippen molar-refractivity contribution in [3.8, 4) is 5.75 Å². The van der Waals surface area contributed by atoms with Gasteiger partial charge in [0.2, 0.25) is 0 Å². The van der Waals surface area contributed by atoms with Crippen LogP contribution in [0.15, 0.2) is 42.6 Å². The van der Waals surface area contributed by atoms with Crippen molar-refractivity contribution in [1.82, 2.24) is 19.6 Å². The minimum Gasteiger partial charge on any atom is -0.493 e. The number of carbonyl (C=O) groups is 1. The number of nitrogens with zero attached hydrogens (tertiary/aromatic N) is 5. The number of nitrogens with one attached hydrogen (secondary N) is 1. The van der Waals surface area contributed by atoms with Crippen LogP contribution in [-0.4, -0.2) is 71.4 Å². The Hall–Kier alpha value is -3.14. The summed E-state index contributed by atoms with van der Waals surface area (Å²) in [6.45, 7) is 9.59. The first-order valence-corrected chi connectivity index (χ1v) is 15.1. The molecule has 0 unspecified atom stereocenters. The summed E-state index contributed by atoms with van der Waals surface area (Å²) in [5.41, 5.74) is 2.08. The van der Waals surface area contributed by atoms with Crippen molar-refractivity contribution >= 4 is 34.7 Å². The van der Waals surface area contributed by atoms with Crippen LogP contribution in [0, 0.1) is 5.82 Å². The Morgan fingerprint density at radius 1 is 1.02 bits per heavy atom. The third-order valence-corrected chi connectivity index (χ3v) is 8.18. The zero-order chi connectivity index (χ0) is 28.8. The number of anilines is 3. The Labute approximate surface area is 247 Å². The zero-order valence-corrected chi connectivity index (χ0v) is 24.8. The lowest BCUT2D eigenvalue weighted by molar-refractivity contribution is 0.0981. The van der Waals surface area contributed by atoms with Crippen LogP contribution in [0.25, 0.3) is 0 Å². The Bertz CT molecular complexity index is 1340. The summed E-state index contributed by atoms with van der Waals surface area (Å²) in [6.07, 6.45) is 7.81. The molecular formula is C31H40ClFN6O2. The monoisotopic (exact) mass is 582 g/mol. The summed E-state index contributed by atoms with van der Waals surface area (Å²) in [5, 5.41) is 8.15. The van der Waals surface area contributed by atoms with Gasteiger partial charge in [-0.3, -0.25) is 9.48 Å². The van der Waals surface area contributed by atoms with Gasteiger partial charge < -0.3 is 24.8 Å². The maximum Gasteiger partial charge on any atom is 0.261 e. The molecule has 3 heterocycles. The number of hydrogen-bond donors (Lipinski definition) is 1. The largest absolute Gasteiger partial charge is 0.493 e. The van der Waals surface area contributed by atoms with Crippen molar-refractivity contribution in [2.75, 3.05) is 56.1 Å². The molecule has 0 aliphatic carbocycles. The predicted molar refractivity (Wildman–Crippen MR) is 162 cm³/mol. The van der Waals surface area contributed by atoms with E-state index in [0.717, 1.165) is 50.5 Å². The van der Waals surface area contributed by atoms with E-state index in [9.17, 15) is 4.79 Å². The quantitative estimate of drug-likeness (QED) is 0.276. The summed E-state index contributed by atoms with van der Waals surface area (Å²) < 4.78 is 22.8. The molecule has 2 aromatic carbocycles. The molecule has 2 aliphatic rings. The molecule has 1 fully saturated rings.